The van der Waals surface area contributed by atoms with Gasteiger partial charge >= 0.3 is 6.03 Å². The maximum Gasteiger partial charge on any atom is 0.333 e. The van der Waals surface area contributed by atoms with Crippen molar-refractivity contribution in [1.29, 1.82) is 0 Å². The van der Waals surface area contributed by atoms with Gasteiger partial charge in [0, 0.05) is 29.2 Å². The molecule has 0 atom stereocenters. The van der Waals surface area contributed by atoms with Crippen molar-refractivity contribution >= 4 is 34.6 Å². The van der Waals surface area contributed by atoms with E-state index in [1.54, 1.807) is 30.3 Å². The summed E-state index contributed by atoms with van der Waals surface area (Å²) in [6, 6.07) is 16.4. The fourth-order valence-electron chi connectivity index (χ4n) is 3.18. The van der Waals surface area contributed by atoms with Crippen molar-refractivity contribution < 1.29 is 9.59 Å². The van der Waals surface area contributed by atoms with Gasteiger partial charge in [0.05, 0.1) is 5.69 Å². The molecule has 0 aliphatic carbocycles. The van der Waals surface area contributed by atoms with E-state index in [0.29, 0.717) is 12.2 Å². The van der Waals surface area contributed by atoms with Gasteiger partial charge in [-0.1, -0.05) is 42.5 Å². The molecule has 2 heterocycles. The zero-order chi connectivity index (χ0) is 18.1. The number of benzene rings is 2. The fraction of sp³-hybridized carbons (Fsp3) is 0.0476. The Bertz CT molecular complexity index is 1050. The fourth-order valence-corrected chi connectivity index (χ4v) is 3.18. The predicted octanol–water partition coefficient (Wildman–Crippen LogP) is 3.92. The van der Waals surface area contributed by atoms with Crippen molar-refractivity contribution in [3.05, 3.63) is 84.7 Å². The Balaban J connectivity index is 1.76. The third-order valence-corrected chi connectivity index (χ3v) is 4.34. The Labute approximate surface area is 150 Å². The van der Waals surface area contributed by atoms with Crippen LogP contribution in [0.3, 0.4) is 0 Å². The van der Waals surface area contributed by atoms with Crippen LogP contribution in [0.5, 0.6) is 0 Å². The topological polar surface area (TPSA) is 54.3 Å². The minimum Gasteiger partial charge on any atom is -0.343 e. The summed E-state index contributed by atoms with van der Waals surface area (Å²) in [6.45, 7) is 4.45. The Kier molecular flexibility index (Phi) is 3.89. The maximum absolute atomic E-state index is 12.7. The van der Waals surface area contributed by atoms with Gasteiger partial charge in [0.25, 0.3) is 5.91 Å². The number of imide groups is 1. The number of aromatic nitrogens is 1. The second kappa shape index (κ2) is 6.37. The molecule has 26 heavy (non-hydrogen) atoms. The minimum absolute atomic E-state index is 0.264. The number of hydrogen-bond acceptors (Lipinski definition) is 2. The molecular formula is C21H17N3O2. The minimum atomic E-state index is -0.442. The highest BCUT2D eigenvalue weighted by Gasteiger charge is 2.34. The number of carbonyl (C=O) groups excluding carboxylic acids is 2. The van der Waals surface area contributed by atoms with Crippen LogP contribution in [0, 0.1) is 0 Å². The van der Waals surface area contributed by atoms with E-state index in [4.69, 9.17) is 0 Å². The summed E-state index contributed by atoms with van der Waals surface area (Å²) in [7, 11) is 0. The summed E-state index contributed by atoms with van der Waals surface area (Å²) in [6.07, 6.45) is 5.51. The lowest BCUT2D eigenvalue weighted by molar-refractivity contribution is -0.113. The van der Waals surface area contributed by atoms with Crippen LogP contribution < -0.4 is 10.2 Å². The quantitative estimate of drug-likeness (QED) is 0.443. The molecule has 3 aromatic rings. The molecule has 1 aliphatic heterocycles. The van der Waals surface area contributed by atoms with E-state index in [1.807, 2.05) is 42.6 Å². The number of allylic oxidation sites excluding steroid dienone is 1. The van der Waals surface area contributed by atoms with Gasteiger partial charge in [-0.3, -0.25) is 4.79 Å². The van der Waals surface area contributed by atoms with E-state index in [-0.39, 0.29) is 11.6 Å². The van der Waals surface area contributed by atoms with Crippen molar-refractivity contribution in [3.63, 3.8) is 0 Å². The van der Waals surface area contributed by atoms with Gasteiger partial charge in [-0.2, -0.15) is 0 Å². The third kappa shape index (κ3) is 2.59. The molecule has 0 unspecified atom stereocenters. The molecule has 1 fully saturated rings. The van der Waals surface area contributed by atoms with Gasteiger partial charge in [0.1, 0.15) is 5.70 Å². The number of fused-ring (bicyclic) bond motifs is 1. The van der Waals surface area contributed by atoms with Gasteiger partial charge < -0.3 is 9.88 Å². The second-order valence-electron chi connectivity index (χ2n) is 6.01. The molecule has 0 spiro atoms. The highest BCUT2D eigenvalue weighted by Crippen LogP contribution is 2.26. The lowest BCUT2D eigenvalue weighted by Crippen LogP contribution is -2.30. The number of anilines is 1. The molecule has 1 saturated heterocycles. The van der Waals surface area contributed by atoms with E-state index in [9.17, 15) is 9.59 Å². The number of nitrogens with one attached hydrogen (secondary N) is 1. The standard InChI is InChI=1S/C21H17N3O2/c1-2-12-23-14-15(17-10-6-7-11-19(17)23)13-18-20(25)24(21(26)22-18)16-8-4-3-5-9-16/h2-11,13-14H,1,12H2,(H,22,26)/b18-13-. The molecular weight excluding hydrogens is 326 g/mol. The first-order valence-electron chi connectivity index (χ1n) is 8.30. The zero-order valence-electron chi connectivity index (χ0n) is 14.1. The average molecular weight is 343 g/mol. The number of urea groups is 1. The Hall–Kier alpha value is -3.60. The van der Waals surface area contributed by atoms with Crippen LogP contribution in [0.25, 0.3) is 17.0 Å². The number of nitrogens with zero attached hydrogens (tertiary/aromatic N) is 2. The molecule has 0 saturated carbocycles. The van der Waals surface area contributed by atoms with Gasteiger partial charge in [0.15, 0.2) is 0 Å². The van der Waals surface area contributed by atoms with Gasteiger partial charge in [-0.15, -0.1) is 6.58 Å². The molecule has 5 heteroatoms. The molecule has 5 nitrogen and oxygen atoms in total. The molecule has 128 valence electrons. The summed E-state index contributed by atoms with van der Waals surface area (Å²) < 4.78 is 2.06. The SMILES string of the molecule is C=CCn1cc(/C=C2\NC(=O)N(c3ccccc3)C2=O)c2ccccc21. The molecule has 4 rings (SSSR count). The van der Waals surface area contributed by atoms with Crippen LogP contribution >= 0.6 is 0 Å². The Morgan fingerprint density at radius 3 is 2.50 bits per heavy atom. The van der Waals surface area contributed by atoms with E-state index in [1.165, 1.54) is 0 Å². The number of carbonyl (C=O) groups is 2. The van der Waals surface area contributed by atoms with Crippen LogP contribution in [0.4, 0.5) is 10.5 Å². The molecule has 2 aromatic carbocycles. The van der Waals surface area contributed by atoms with Crippen LogP contribution in [-0.2, 0) is 11.3 Å². The molecule has 0 bridgehead atoms. The first-order chi connectivity index (χ1) is 12.7. The first-order valence-corrected chi connectivity index (χ1v) is 8.30. The van der Waals surface area contributed by atoms with Gasteiger partial charge in [0.2, 0.25) is 0 Å². The number of hydrogen-bond donors (Lipinski definition) is 1. The zero-order valence-corrected chi connectivity index (χ0v) is 14.1. The van der Waals surface area contributed by atoms with E-state index >= 15 is 0 Å². The van der Waals surface area contributed by atoms with Crippen molar-refractivity contribution in [1.82, 2.24) is 9.88 Å². The average Bonchev–Trinajstić information content (AvgIpc) is 3.14. The van der Waals surface area contributed by atoms with Crippen molar-refractivity contribution in [3.8, 4) is 0 Å². The number of rotatable bonds is 4. The molecule has 1 N–H and O–H groups in total. The number of amides is 3. The van der Waals surface area contributed by atoms with E-state index in [0.717, 1.165) is 21.4 Å². The highest BCUT2D eigenvalue weighted by molar-refractivity contribution is 6.28. The smallest absolute Gasteiger partial charge is 0.333 e. The predicted molar refractivity (Wildman–Crippen MR) is 103 cm³/mol. The van der Waals surface area contributed by atoms with Crippen molar-refractivity contribution in [2.75, 3.05) is 4.90 Å². The van der Waals surface area contributed by atoms with Crippen molar-refractivity contribution in [2.45, 2.75) is 6.54 Å². The summed E-state index contributed by atoms with van der Waals surface area (Å²) in [4.78, 5) is 26.2. The highest BCUT2D eigenvalue weighted by atomic mass is 16.2. The van der Waals surface area contributed by atoms with Crippen LogP contribution in [0.2, 0.25) is 0 Å². The third-order valence-electron chi connectivity index (χ3n) is 4.34. The monoisotopic (exact) mass is 343 g/mol. The summed E-state index contributed by atoms with van der Waals surface area (Å²) >= 11 is 0. The van der Waals surface area contributed by atoms with Crippen LogP contribution in [0.1, 0.15) is 5.56 Å². The molecule has 1 aromatic heterocycles. The maximum atomic E-state index is 12.7. The van der Waals surface area contributed by atoms with Gasteiger partial charge in [-0.05, 0) is 24.3 Å². The lowest BCUT2D eigenvalue weighted by Gasteiger charge is -2.10. The van der Waals surface area contributed by atoms with Gasteiger partial charge in [-0.25, -0.2) is 9.69 Å². The van der Waals surface area contributed by atoms with Crippen LogP contribution in [0.15, 0.2) is 79.1 Å². The second-order valence-corrected chi connectivity index (χ2v) is 6.01. The van der Waals surface area contributed by atoms with Crippen LogP contribution in [-0.4, -0.2) is 16.5 Å². The largest absolute Gasteiger partial charge is 0.343 e. The lowest BCUT2D eigenvalue weighted by atomic mass is 10.1. The summed E-state index contributed by atoms with van der Waals surface area (Å²) in [5, 5.41) is 3.69. The normalized spacial score (nSPS) is 15.7. The van der Waals surface area contributed by atoms with E-state index < -0.39 is 6.03 Å². The summed E-state index contributed by atoms with van der Waals surface area (Å²) in [5.41, 5.74) is 2.74. The van der Waals surface area contributed by atoms with E-state index in [2.05, 4.69) is 16.5 Å². The number of para-hydroxylation sites is 2. The first kappa shape index (κ1) is 15.9. The Morgan fingerprint density at radius 1 is 1.00 bits per heavy atom. The summed E-state index contributed by atoms with van der Waals surface area (Å²) in [5.74, 6) is -0.359. The molecule has 0 radical (unpaired) electrons. The Morgan fingerprint density at radius 2 is 1.73 bits per heavy atom. The van der Waals surface area contributed by atoms with Crippen molar-refractivity contribution in [2.24, 2.45) is 0 Å². The molecule has 1 aliphatic rings. The molecule has 3 amide bonds.